The molecule has 0 amide bonds. The minimum absolute atomic E-state index is 1.18. The van der Waals surface area contributed by atoms with Crippen LogP contribution in [0.3, 0.4) is 0 Å². The summed E-state index contributed by atoms with van der Waals surface area (Å²) >= 11 is 5.33. The van der Waals surface area contributed by atoms with E-state index in [1.165, 1.54) is 20.1 Å². The van der Waals surface area contributed by atoms with E-state index in [2.05, 4.69) is 58.6 Å². The summed E-state index contributed by atoms with van der Waals surface area (Å²) in [5.41, 5.74) is 0. The highest BCUT2D eigenvalue weighted by molar-refractivity contribution is 9.10. The fourth-order valence-corrected chi connectivity index (χ4v) is 2.92. The van der Waals surface area contributed by atoms with Gasteiger partial charge < -0.3 is 0 Å². The molecule has 0 saturated heterocycles. The lowest BCUT2D eigenvalue weighted by Crippen LogP contribution is -1.78. The van der Waals surface area contributed by atoms with Gasteiger partial charge in [-0.1, -0.05) is 30.3 Å². The summed E-state index contributed by atoms with van der Waals surface area (Å²) in [5, 5.41) is 2.62. The molecule has 0 radical (unpaired) electrons. The zero-order valence-corrected chi connectivity index (χ0v) is 9.65. The summed E-state index contributed by atoms with van der Waals surface area (Å²) in [5.74, 6) is 0. The van der Waals surface area contributed by atoms with E-state index in [1.54, 1.807) is 11.8 Å². The van der Waals surface area contributed by atoms with E-state index >= 15 is 0 Å². The minimum Gasteiger partial charge on any atom is -0.128 e. The van der Waals surface area contributed by atoms with Crippen molar-refractivity contribution < 1.29 is 0 Å². The first kappa shape index (κ1) is 9.10. The van der Waals surface area contributed by atoms with Crippen molar-refractivity contribution in [2.75, 3.05) is 6.26 Å². The normalized spacial score (nSPS) is 10.6. The second-order valence-corrected chi connectivity index (χ2v) is 4.47. The van der Waals surface area contributed by atoms with E-state index in [0.717, 1.165) is 0 Å². The fourth-order valence-electron chi connectivity index (χ4n) is 1.42. The largest absolute Gasteiger partial charge is 0.128 e. The van der Waals surface area contributed by atoms with E-state index < -0.39 is 0 Å². The van der Waals surface area contributed by atoms with Crippen LogP contribution in [-0.2, 0) is 0 Å². The maximum Gasteiger partial charge on any atom is 0.0317 e. The minimum atomic E-state index is 1.18. The van der Waals surface area contributed by atoms with Gasteiger partial charge >= 0.3 is 0 Å². The maximum absolute atomic E-state index is 3.56. The predicted octanol–water partition coefficient (Wildman–Crippen LogP) is 4.32. The number of hydrogen-bond donors (Lipinski definition) is 0. The standard InChI is InChI=1S/C11H9BrS/c1-13-11-9-5-3-2-4-8(9)6-7-10(11)12/h2-7H,1H3. The first-order valence-corrected chi connectivity index (χ1v) is 6.06. The molecular formula is C11H9BrS. The smallest absolute Gasteiger partial charge is 0.0317 e. The lowest BCUT2D eigenvalue weighted by atomic mass is 10.1. The molecule has 0 heterocycles. The van der Waals surface area contributed by atoms with E-state index in [-0.39, 0.29) is 0 Å². The summed E-state index contributed by atoms with van der Waals surface area (Å²) in [6.07, 6.45) is 2.10. The van der Waals surface area contributed by atoms with Gasteiger partial charge in [-0.2, -0.15) is 0 Å². The van der Waals surface area contributed by atoms with Gasteiger partial charge in [0.15, 0.2) is 0 Å². The van der Waals surface area contributed by atoms with Crippen LogP contribution >= 0.6 is 27.7 Å². The maximum atomic E-state index is 3.56. The van der Waals surface area contributed by atoms with Crippen molar-refractivity contribution in [3.63, 3.8) is 0 Å². The summed E-state index contributed by atoms with van der Waals surface area (Å²) in [4.78, 5) is 1.32. The molecule has 0 unspecified atom stereocenters. The molecule has 2 rings (SSSR count). The first-order chi connectivity index (χ1) is 6.33. The number of thioether (sulfide) groups is 1. The van der Waals surface area contributed by atoms with Crippen LogP contribution in [0.25, 0.3) is 10.8 Å². The molecule has 2 heteroatoms. The Labute approximate surface area is 90.5 Å². The van der Waals surface area contributed by atoms with Gasteiger partial charge in [-0.05, 0) is 39.0 Å². The molecule has 0 bridgehead atoms. The Morgan fingerprint density at radius 3 is 2.62 bits per heavy atom. The zero-order valence-electron chi connectivity index (χ0n) is 7.25. The van der Waals surface area contributed by atoms with Gasteiger partial charge in [0.05, 0.1) is 0 Å². The molecule has 2 aromatic rings. The van der Waals surface area contributed by atoms with Gasteiger partial charge in [0.25, 0.3) is 0 Å². The Morgan fingerprint density at radius 2 is 1.85 bits per heavy atom. The summed E-state index contributed by atoms with van der Waals surface area (Å²) in [7, 11) is 0. The van der Waals surface area contributed by atoms with Gasteiger partial charge in [0.1, 0.15) is 0 Å². The predicted molar refractivity (Wildman–Crippen MR) is 63.4 cm³/mol. The first-order valence-electron chi connectivity index (χ1n) is 4.04. The van der Waals surface area contributed by atoms with E-state index in [1.807, 2.05) is 0 Å². The van der Waals surface area contributed by atoms with E-state index in [4.69, 9.17) is 0 Å². The Kier molecular flexibility index (Phi) is 2.61. The molecule has 0 spiro atoms. The van der Waals surface area contributed by atoms with Crippen LogP contribution in [0.4, 0.5) is 0 Å². The molecule has 0 N–H and O–H groups in total. The Morgan fingerprint density at radius 1 is 1.08 bits per heavy atom. The van der Waals surface area contributed by atoms with Crippen LogP contribution in [0.5, 0.6) is 0 Å². The van der Waals surface area contributed by atoms with E-state index in [0.29, 0.717) is 0 Å². The van der Waals surface area contributed by atoms with Crippen LogP contribution < -0.4 is 0 Å². The van der Waals surface area contributed by atoms with E-state index in [9.17, 15) is 0 Å². The number of benzene rings is 2. The van der Waals surface area contributed by atoms with Crippen molar-refractivity contribution in [3.8, 4) is 0 Å². The quantitative estimate of drug-likeness (QED) is 0.682. The molecule has 2 aromatic carbocycles. The van der Waals surface area contributed by atoms with Crippen molar-refractivity contribution >= 4 is 38.5 Å². The number of hydrogen-bond acceptors (Lipinski definition) is 1. The van der Waals surface area contributed by atoms with Gasteiger partial charge in [0, 0.05) is 9.37 Å². The lowest BCUT2D eigenvalue weighted by molar-refractivity contribution is 1.49. The Balaban J connectivity index is 2.84. The monoisotopic (exact) mass is 252 g/mol. The highest BCUT2D eigenvalue weighted by Gasteiger charge is 2.02. The lowest BCUT2D eigenvalue weighted by Gasteiger charge is -2.05. The van der Waals surface area contributed by atoms with Crippen molar-refractivity contribution in [2.24, 2.45) is 0 Å². The second kappa shape index (κ2) is 3.72. The van der Waals surface area contributed by atoms with Gasteiger partial charge in [-0.3, -0.25) is 0 Å². The third-order valence-electron chi connectivity index (χ3n) is 2.04. The summed E-state index contributed by atoms with van der Waals surface area (Å²) < 4.78 is 1.18. The topological polar surface area (TPSA) is 0 Å². The summed E-state index contributed by atoms with van der Waals surface area (Å²) in [6.45, 7) is 0. The van der Waals surface area contributed by atoms with Crippen molar-refractivity contribution in [1.82, 2.24) is 0 Å². The van der Waals surface area contributed by atoms with Crippen LogP contribution in [0.2, 0.25) is 0 Å². The number of rotatable bonds is 1. The molecule has 0 aromatic heterocycles. The molecule has 0 fully saturated rings. The molecule has 66 valence electrons. The van der Waals surface area contributed by atoms with Crippen molar-refractivity contribution in [3.05, 3.63) is 40.9 Å². The third kappa shape index (κ3) is 1.61. The zero-order chi connectivity index (χ0) is 9.26. The molecule has 0 aliphatic heterocycles. The Hall–Kier alpha value is -0.470. The number of fused-ring (bicyclic) bond motifs is 1. The molecular weight excluding hydrogens is 244 g/mol. The van der Waals surface area contributed by atoms with Crippen molar-refractivity contribution in [1.29, 1.82) is 0 Å². The van der Waals surface area contributed by atoms with Gasteiger partial charge in [-0.15, -0.1) is 11.8 Å². The average molecular weight is 253 g/mol. The molecule has 0 atom stereocenters. The van der Waals surface area contributed by atoms with Gasteiger partial charge in [-0.25, -0.2) is 0 Å². The highest BCUT2D eigenvalue weighted by Crippen LogP contribution is 2.33. The molecule has 0 aliphatic carbocycles. The van der Waals surface area contributed by atoms with Crippen molar-refractivity contribution in [2.45, 2.75) is 4.90 Å². The fraction of sp³-hybridized carbons (Fsp3) is 0.0909. The van der Waals surface area contributed by atoms with Crippen LogP contribution in [0, 0.1) is 0 Å². The molecule has 13 heavy (non-hydrogen) atoms. The van der Waals surface area contributed by atoms with Crippen LogP contribution in [0.1, 0.15) is 0 Å². The average Bonchev–Trinajstić information content (AvgIpc) is 2.18. The number of halogens is 1. The molecule has 0 saturated carbocycles. The highest BCUT2D eigenvalue weighted by atomic mass is 79.9. The SMILES string of the molecule is CSc1c(Br)ccc2ccccc12. The molecule has 0 nitrogen and oxygen atoms in total. The summed E-state index contributed by atoms with van der Waals surface area (Å²) in [6, 6.07) is 12.7. The molecule has 0 aliphatic rings. The van der Waals surface area contributed by atoms with Crippen LogP contribution in [-0.4, -0.2) is 6.26 Å². The third-order valence-corrected chi connectivity index (χ3v) is 3.81. The van der Waals surface area contributed by atoms with Gasteiger partial charge in [0.2, 0.25) is 0 Å². The van der Waals surface area contributed by atoms with Crippen LogP contribution in [0.15, 0.2) is 45.8 Å². The second-order valence-electron chi connectivity index (χ2n) is 2.80. The Bertz CT molecular complexity index is 437.